The fourth-order valence-corrected chi connectivity index (χ4v) is 2.19. The van der Waals surface area contributed by atoms with Gasteiger partial charge in [0.25, 0.3) is 4.84 Å². The number of carbonyl (C=O) groups is 1. The molecule has 7 heteroatoms. The van der Waals surface area contributed by atoms with Crippen molar-refractivity contribution in [1.82, 2.24) is 14.8 Å². The zero-order valence-electron chi connectivity index (χ0n) is 11.3. The van der Waals surface area contributed by atoms with Gasteiger partial charge < -0.3 is 4.42 Å². The molecule has 0 atom stereocenters. The van der Waals surface area contributed by atoms with Crippen molar-refractivity contribution in [3.05, 3.63) is 64.2 Å². The summed E-state index contributed by atoms with van der Waals surface area (Å²) in [5.74, 6) is 0.209. The van der Waals surface area contributed by atoms with Crippen molar-refractivity contribution >= 4 is 29.6 Å². The van der Waals surface area contributed by atoms with Gasteiger partial charge in [0.05, 0.1) is 5.56 Å². The van der Waals surface area contributed by atoms with Crippen molar-refractivity contribution < 1.29 is 9.21 Å². The van der Waals surface area contributed by atoms with Crippen LogP contribution in [-0.4, -0.2) is 20.5 Å². The van der Waals surface area contributed by atoms with Crippen molar-refractivity contribution in [3.63, 3.8) is 0 Å². The minimum Gasteiger partial charge on any atom is -0.409 e. The molecule has 0 amide bonds. The zero-order valence-corrected chi connectivity index (χ0v) is 12.8. The summed E-state index contributed by atoms with van der Waals surface area (Å²) in [6.07, 6.45) is 3.27. The van der Waals surface area contributed by atoms with E-state index in [1.165, 1.54) is 4.68 Å². The highest BCUT2D eigenvalue weighted by atomic mass is 35.5. The highest BCUT2D eigenvalue weighted by molar-refractivity contribution is 7.71. The van der Waals surface area contributed by atoms with E-state index in [-0.39, 0.29) is 17.2 Å². The summed E-state index contributed by atoms with van der Waals surface area (Å²) in [6, 6.07) is 10.2. The Kier molecular flexibility index (Phi) is 4.13. The third kappa shape index (κ3) is 3.13. The maximum absolute atomic E-state index is 12.2. The SMILES string of the molecule is O=C(Cn1nc(-c2cccnc2)oc1=S)c1ccc(Cl)cc1. The van der Waals surface area contributed by atoms with Gasteiger partial charge in [0.2, 0.25) is 5.89 Å². The molecule has 110 valence electrons. The summed E-state index contributed by atoms with van der Waals surface area (Å²) in [4.78, 5) is 16.4. The molecule has 0 aliphatic rings. The number of pyridine rings is 1. The second-order valence-electron chi connectivity index (χ2n) is 4.50. The quantitative estimate of drug-likeness (QED) is 0.537. The van der Waals surface area contributed by atoms with Gasteiger partial charge in [-0.3, -0.25) is 9.78 Å². The average molecular weight is 332 g/mol. The third-order valence-electron chi connectivity index (χ3n) is 2.97. The lowest BCUT2D eigenvalue weighted by Gasteiger charge is -2.00. The molecule has 0 N–H and O–H groups in total. The van der Waals surface area contributed by atoms with Gasteiger partial charge in [-0.05, 0) is 48.6 Å². The molecule has 3 aromatic rings. The number of aromatic nitrogens is 3. The van der Waals surface area contributed by atoms with Crippen molar-refractivity contribution in [2.24, 2.45) is 0 Å². The van der Waals surface area contributed by atoms with Crippen LogP contribution in [0.5, 0.6) is 0 Å². The molecule has 0 bridgehead atoms. The molecular formula is C15H10ClN3O2S. The minimum absolute atomic E-state index is 0.00419. The van der Waals surface area contributed by atoms with Crippen LogP contribution in [0.3, 0.4) is 0 Å². The molecule has 22 heavy (non-hydrogen) atoms. The number of halogens is 1. The smallest absolute Gasteiger partial charge is 0.287 e. The summed E-state index contributed by atoms with van der Waals surface area (Å²) >= 11 is 10.9. The van der Waals surface area contributed by atoms with E-state index >= 15 is 0 Å². The molecule has 0 saturated carbocycles. The second kappa shape index (κ2) is 6.21. The molecule has 0 fully saturated rings. The molecule has 2 heterocycles. The average Bonchev–Trinajstić information content (AvgIpc) is 2.90. The van der Waals surface area contributed by atoms with E-state index < -0.39 is 0 Å². The van der Waals surface area contributed by atoms with E-state index in [1.807, 2.05) is 0 Å². The highest BCUT2D eigenvalue weighted by Gasteiger charge is 2.12. The van der Waals surface area contributed by atoms with Gasteiger partial charge in [0, 0.05) is 23.0 Å². The maximum atomic E-state index is 12.2. The lowest BCUT2D eigenvalue weighted by atomic mass is 10.1. The normalized spacial score (nSPS) is 10.6. The first-order chi connectivity index (χ1) is 10.6. The topological polar surface area (TPSA) is 60.9 Å². The molecule has 3 rings (SSSR count). The Morgan fingerprint density at radius 3 is 2.73 bits per heavy atom. The van der Waals surface area contributed by atoms with E-state index in [4.69, 9.17) is 28.2 Å². The first-order valence-corrected chi connectivity index (χ1v) is 7.19. The van der Waals surface area contributed by atoms with E-state index in [0.717, 1.165) is 0 Å². The summed E-state index contributed by atoms with van der Waals surface area (Å²) in [5, 5.41) is 4.80. The Morgan fingerprint density at radius 1 is 1.27 bits per heavy atom. The number of benzene rings is 1. The molecule has 2 aromatic heterocycles. The third-order valence-corrected chi connectivity index (χ3v) is 3.52. The molecule has 0 radical (unpaired) electrons. The number of rotatable bonds is 4. The lowest BCUT2D eigenvalue weighted by Crippen LogP contribution is -2.11. The first kappa shape index (κ1) is 14.6. The summed E-state index contributed by atoms with van der Waals surface area (Å²) in [7, 11) is 0. The van der Waals surface area contributed by atoms with Crippen molar-refractivity contribution in [3.8, 4) is 11.5 Å². The van der Waals surface area contributed by atoms with E-state index in [9.17, 15) is 4.79 Å². The Labute approximate surface area is 136 Å². The van der Waals surface area contributed by atoms with Crippen LogP contribution in [0.1, 0.15) is 10.4 Å². The van der Waals surface area contributed by atoms with Gasteiger partial charge in [0.1, 0.15) is 6.54 Å². The number of nitrogens with zero attached hydrogens (tertiary/aromatic N) is 3. The van der Waals surface area contributed by atoms with Gasteiger partial charge in [-0.15, -0.1) is 5.10 Å². The molecular weight excluding hydrogens is 322 g/mol. The predicted molar refractivity (Wildman–Crippen MR) is 84.3 cm³/mol. The molecule has 5 nitrogen and oxygen atoms in total. The van der Waals surface area contributed by atoms with Crippen LogP contribution in [0.15, 0.2) is 53.2 Å². The summed E-state index contributed by atoms with van der Waals surface area (Å²) in [6.45, 7) is 0.00419. The highest BCUT2D eigenvalue weighted by Crippen LogP contribution is 2.16. The molecule has 1 aromatic carbocycles. The van der Waals surface area contributed by atoms with Crippen molar-refractivity contribution in [1.29, 1.82) is 0 Å². The number of carbonyl (C=O) groups excluding carboxylic acids is 1. The van der Waals surface area contributed by atoms with E-state index in [0.29, 0.717) is 22.0 Å². The van der Waals surface area contributed by atoms with Gasteiger partial charge in [-0.2, -0.15) is 0 Å². The largest absolute Gasteiger partial charge is 0.409 e. The van der Waals surface area contributed by atoms with Gasteiger partial charge >= 0.3 is 0 Å². The molecule has 0 spiro atoms. The van der Waals surface area contributed by atoms with Crippen LogP contribution < -0.4 is 0 Å². The van der Waals surface area contributed by atoms with Gasteiger partial charge in [0.15, 0.2) is 5.78 Å². The first-order valence-electron chi connectivity index (χ1n) is 6.40. The van der Waals surface area contributed by atoms with Crippen molar-refractivity contribution in [2.45, 2.75) is 6.54 Å². The van der Waals surface area contributed by atoms with Gasteiger partial charge in [-0.25, -0.2) is 4.68 Å². The standard InChI is InChI=1S/C15H10ClN3O2S/c16-12-5-3-10(4-6-12)13(20)9-19-15(22)21-14(18-19)11-2-1-7-17-8-11/h1-8H,9H2. The van der Waals surface area contributed by atoms with Crippen LogP contribution in [0.25, 0.3) is 11.5 Å². The molecule has 0 saturated heterocycles. The van der Waals surface area contributed by atoms with Crippen LogP contribution in [0, 0.1) is 4.84 Å². The van der Waals surface area contributed by atoms with Crippen LogP contribution >= 0.6 is 23.8 Å². The molecule has 0 aliphatic carbocycles. The minimum atomic E-state index is -0.126. The molecule has 0 unspecified atom stereocenters. The number of ketones is 1. The lowest BCUT2D eigenvalue weighted by molar-refractivity contribution is 0.0966. The Bertz CT molecular complexity index is 856. The Morgan fingerprint density at radius 2 is 2.05 bits per heavy atom. The fraction of sp³-hybridized carbons (Fsp3) is 0.0667. The van der Waals surface area contributed by atoms with Crippen LogP contribution in [0.2, 0.25) is 5.02 Å². The zero-order chi connectivity index (χ0) is 15.5. The van der Waals surface area contributed by atoms with E-state index in [2.05, 4.69) is 10.1 Å². The van der Waals surface area contributed by atoms with Crippen LogP contribution in [-0.2, 0) is 6.54 Å². The van der Waals surface area contributed by atoms with Crippen LogP contribution in [0.4, 0.5) is 0 Å². The number of hydrogen-bond acceptors (Lipinski definition) is 5. The maximum Gasteiger partial charge on any atom is 0.287 e. The Hall–Kier alpha value is -2.31. The van der Waals surface area contributed by atoms with Crippen molar-refractivity contribution in [2.75, 3.05) is 0 Å². The van der Waals surface area contributed by atoms with E-state index in [1.54, 1.807) is 48.8 Å². The second-order valence-corrected chi connectivity index (χ2v) is 5.29. The summed E-state index contributed by atoms with van der Waals surface area (Å²) < 4.78 is 6.77. The Balaban J connectivity index is 1.84. The number of Topliss-reactive ketones (excluding diaryl/α,β-unsaturated/α-hetero) is 1. The fourth-order valence-electron chi connectivity index (χ4n) is 1.88. The van der Waals surface area contributed by atoms with Gasteiger partial charge in [-0.1, -0.05) is 11.6 Å². The number of hydrogen-bond donors (Lipinski definition) is 0. The monoisotopic (exact) mass is 331 g/mol. The summed E-state index contributed by atoms with van der Waals surface area (Å²) in [5.41, 5.74) is 1.24. The predicted octanol–water partition coefficient (Wildman–Crippen LogP) is 3.80. The molecule has 0 aliphatic heterocycles.